The van der Waals surface area contributed by atoms with Gasteiger partial charge in [-0.2, -0.15) is 8.78 Å². The lowest BCUT2D eigenvalue weighted by atomic mass is 9.88. The van der Waals surface area contributed by atoms with Crippen LogP contribution in [-0.4, -0.2) is 28.2 Å². The molecule has 1 unspecified atom stereocenters. The van der Waals surface area contributed by atoms with Gasteiger partial charge >= 0.3 is 6.61 Å². The van der Waals surface area contributed by atoms with E-state index in [-0.39, 0.29) is 36.0 Å². The smallest absolute Gasteiger partial charge is 0.387 e. The number of allylic oxidation sites excluding steroid dienone is 1. The summed E-state index contributed by atoms with van der Waals surface area (Å²) in [6.45, 7) is 2.38. The van der Waals surface area contributed by atoms with Crippen LogP contribution in [-0.2, 0) is 20.5 Å². The van der Waals surface area contributed by atoms with Gasteiger partial charge in [0.2, 0.25) is 10.0 Å². The van der Waals surface area contributed by atoms with Gasteiger partial charge in [0.25, 0.3) is 0 Å². The third-order valence-corrected chi connectivity index (χ3v) is 6.38. The molecule has 1 atom stereocenters. The molecule has 0 radical (unpaired) electrons. The van der Waals surface area contributed by atoms with Crippen LogP contribution < -0.4 is 19.3 Å². The maximum absolute atomic E-state index is 13.5. The summed E-state index contributed by atoms with van der Waals surface area (Å²) in [5.74, 6) is 0.198. The number of sulfonamides is 1. The fourth-order valence-electron chi connectivity index (χ4n) is 4.07. The molecule has 7 nitrogen and oxygen atoms in total. The molecule has 0 aliphatic carbocycles. The summed E-state index contributed by atoms with van der Waals surface area (Å²) in [5, 5.41) is 5.72. The van der Waals surface area contributed by atoms with Crippen LogP contribution in [0.25, 0.3) is 11.1 Å². The zero-order valence-electron chi connectivity index (χ0n) is 19.7. The standard InChI is InChI=1S/C26H24ClF2NO6S/c1-15(2)33-10-11-34-22-9-8-21-23(25(22)36-26(28)29)19-7-6-16(14-37(30,31)32)12-20(19)24(35-21)17-4-3-5-18(27)13-17/h3-9,12-13,24,26H,1,10-11,14H2,2H3,(H2,30,31,32). The second-order valence-electron chi connectivity index (χ2n) is 8.33. The van der Waals surface area contributed by atoms with E-state index in [1.54, 1.807) is 55.5 Å². The lowest BCUT2D eigenvalue weighted by Crippen LogP contribution is -2.19. The Morgan fingerprint density at radius 3 is 2.62 bits per heavy atom. The number of benzene rings is 3. The molecule has 0 saturated heterocycles. The Kier molecular flexibility index (Phi) is 7.91. The first kappa shape index (κ1) is 26.7. The minimum absolute atomic E-state index is 0.0530. The number of hydrogen-bond donors (Lipinski definition) is 1. The van der Waals surface area contributed by atoms with Gasteiger partial charge in [-0.3, -0.25) is 0 Å². The Balaban J connectivity index is 1.85. The van der Waals surface area contributed by atoms with Gasteiger partial charge in [0, 0.05) is 10.6 Å². The van der Waals surface area contributed by atoms with Crippen LogP contribution in [0.15, 0.2) is 66.9 Å². The number of rotatable bonds is 10. The van der Waals surface area contributed by atoms with Crippen molar-refractivity contribution >= 4 is 21.6 Å². The summed E-state index contributed by atoms with van der Waals surface area (Å²) in [7, 11) is -3.83. The monoisotopic (exact) mass is 551 g/mol. The lowest BCUT2D eigenvalue weighted by Gasteiger charge is -2.31. The van der Waals surface area contributed by atoms with Gasteiger partial charge in [0.15, 0.2) is 11.5 Å². The predicted molar refractivity (Wildman–Crippen MR) is 136 cm³/mol. The van der Waals surface area contributed by atoms with Crippen molar-refractivity contribution in [3.63, 3.8) is 0 Å². The summed E-state index contributed by atoms with van der Waals surface area (Å²) in [5.41, 5.74) is 2.36. The maximum atomic E-state index is 13.5. The number of halogens is 3. The van der Waals surface area contributed by atoms with E-state index in [1.165, 1.54) is 6.07 Å². The van der Waals surface area contributed by atoms with Crippen molar-refractivity contribution in [1.29, 1.82) is 0 Å². The first-order valence-corrected chi connectivity index (χ1v) is 13.2. The number of nitrogens with two attached hydrogens (primary N) is 1. The minimum atomic E-state index is -3.83. The average molecular weight is 552 g/mol. The summed E-state index contributed by atoms with van der Waals surface area (Å²) >= 11 is 6.21. The van der Waals surface area contributed by atoms with Crippen molar-refractivity contribution in [2.45, 2.75) is 25.4 Å². The molecule has 2 N–H and O–H groups in total. The van der Waals surface area contributed by atoms with Crippen LogP contribution in [0.2, 0.25) is 5.02 Å². The molecular formula is C26H24ClF2NO6S. The van der Waals surface area contributed by atoms with Crippen LogP contribution in [0.4, 0.5) is 8.78 Å². The van der Waals surface area contributed by atoms with E-state index in [1.807, 2.05) is 0 Å². The zero-order chi connectivity index (χ0) is 26.7. The fraction of sp³-hybridized carbons (Fsp3) is 0.231. The molecule has 0 bridgehead atoms. The zero-order valence-corrected chi connectivity index (χ0v) is 21.3. The Morgan fingerprint density at radius 2 is 1.95 bits per heavy atom. The van der Waals surface area contributed by atoms with Gasteiger partial charge in [-0.1, -0.05) is 48.5 Å². The molecule has 0 fully saturated rings. The predicted octanol–water partition coefficient (Wildman–Crippen LogP) is 5.81. The first-order chi connectivity index (χ1) is 17.5. The SMILES string of the molecule is C=C(C)OCCOc1ccc2c(c1OC(F)F)-c1ccc(CS(N)(=O)=O)cc1C(c1cccc(Cl)c1)O2. The summed E-state index contributed by atoms with van der Waals surface area (Å²) in [6.07, 6.45) is -0.711. The average Bonchev–Trinajstić information content (AvgIpc) is 2.80. The van der Waals surface area contributed by atoms with Crippen molar-refractivity contribution in [3.8, 4) is 28.4 Å². The van der Waals surface area contributed by atoms with Crippen molar-refractivity contribution in [1.82, 2.24) is 0 Å². The Labute approximate surface area is 218 Å². The van der Waals surface area contributed by atoms with Crippen molar-refractivity contribution in [2.24, 2.45) is 5.14 Å². The number of ether oxygens (including phenoxy) is 4. The largest absolute Gasteiger partial charge is 0.495 e. The lowest BCUT2D eigenvalue weighted by molar-refractivity contribution is -0.0514. The molecule has 3 aromatic rings. The van der Waals surface area contributed by atoms with Gasteiger partial charge in [0.1, 0.15) is 25.1 Å². The van der Waals surface area contributed by atoms with Crippen LogP contribution in [0.1, 0.15) is 29.7 Å². The van der Waals surface area contributed by atoms with E-state index in [2.05, 4.69) is 6.58 Å². The molecule has 37 heavy (non-hydrogen) atoms. The Bertz CT molecular complexity index is 1430. The highest BCUT2D eigenvalue weighted by Gasteiger charge is 2.33. The molecule has 196 valence electrons. The second-order valence-corrected chi connectivity index (χ2v) is 10.4. The van der Waals surface area contributed by atoms with Crippen molar-refractivity contribution < 1.29 is 36.1 Å². The van der Waals surface area contributed by atoms with E-state index in [9.17, 15) is 17.2 Å². The molecule has 1 aliphatic rings. The molecule has 3 aromatic carbocycles. The van der Waals surface area contributed by atoms with E-state index in [4.69, 9.17) is 35.7 Å². The van der Waals surface area contributed by atoms with Crippen LogP contribution in [0.5, 0.6) is 17.2 Å². The highest BCUT2D eigenvalue weighted by Crippen LogP contribution is 2.52. The number of alkyl halides is 2. The first-order valence-electron chi connectivity index (χ1n) is 11.1. The van der Waals surface area contributed by atoms with Crippen LogP contribution in [0.3, 0.4) is 0 Å². The molecule has 1 aliphatic heterocycles. The topological polar surface area (TPSA) is 97.1 Å². The van der Waals surface area contributed by atoms with Gasteiger partial charge in [-0.15, -0.1) is 0 Å². The molecule has 0 aromatic heterocycles. The van der Waals surface area contributed by atoms with Crippen LogP contribution in [0, 0.1) is 0 Å². The Hall–Kier alpha value is -3.34. The maximum Gasteiger partial charge on any atom is 0.387 e. The molecule has 11 heteroatoms. The summed E-state index contributed by atoms with van der Waals surface area (Å²) in [6, 6.07) is 14.9. The summed E-state index contributed by atoms with van der Waals surface area (Å²) in [4.78, 5) is 0. The van der Waals surface area contributed by atoms with Crippen molar-refractivity contribution in [2.75, 3.05) is 13.2 Å². The fourth-order valence-corrected chi connectivity index (χ4v) is 4.92. The second kappa shape index (κ2) is 11.0. The van der Waals surface area contributed by atoms with E-state index in [0.717, 1.165) is 0 Å². The van der Waals surface area contributed by atoms with E-state index >= 15 is 0 Å². The van der Waals surface area contributed by atoms with E-state index in [0.29, 0.717) is 33.0 Å². The van der Waals surface area contributed by atoms with Crippen LogP contribution >= 0.6 is 11.6 Å². The highest BCUT2D eigenvalue weighted by molar-refractivity contribution is 7.88. The number of hydrogen-bond acceptors (Lipinski definition) is 6. The number of fused-ring (bicyclic) bond motifs is 3. The van der Waals surface area contributed by atoms with E-state index < -0.39 is 28.5 Å². The molecule has 0 spiro atoms. The molecule has 0 saturated carbocycles. The summed E-state index contributed by atoms with van der Waals surface area (Å²) < 4.78 is 72.7. The van der Waals surface area contributed by atoms with Crippen molar-refractivity contribution in [3.05, 3.63) is 88.6 Å². The molecule has 0 amide bonds. The Morgan fingerprint density at radius 1 is 1.16 bits per heavy atom. The number of primary sulfonamides is 1. The molecule has 4 rings (SSSR count). The quantitative estimate of drug-likeness (QED) is 0.252. The van der Waals surface area contributed by atoms with Gasteiger partial charge < -0.3 is 18.9 Å². The molecule has 1 heterocycles. The van der Waals surface area contributed by atoms with Gasteiger partial charge in [-0.05, 0) is 47.9 Å². The highest BCUT2D eigenvalue weighted by atomic mass is 35.5. The minimum Gasteiger partial charge on any atom is -0.495 e. The third kappa shape index (κ3) is 6.51. The normalized spacial score (nSPS) is 14.4. The third-order valence-electron chi connectivity index (χ3n) is 5.41. The van der Waals surface area contributed by atoms with Gasteiger partial charge in [-0.25, -0.2) is 13.6 Å². The van der Waals surface area contributed by atoms with Gasteiger partial charge in [0.05, 0.1) is 17.1 Å². The molecular weight excluding hydrogens is 528 g/mol.